The maximum Gasteiger partial charge on any atom is 0.161 e. The van der Waals surface area contributed by atoms with E-state index in [2.05, 4.69) is 47.8 Å². The lowest BCUT2D eigenvalue weighted by molar-refractivity contribution is 0.335. The third-order valence-electron chi connectivity index (χ3n) is 4.60. The number of anilines is 1. The van der Waals surface area contributed by atoms with E-state index < -0.39 is 0 Å². The molecule has 21 heavy (non-hydrogen) atoms. The third kappa shape index (κ3) is 2.67. The van der Waals surface area contributed by atoms with E-state index in [1.165, 1.54) is 42.9 Å². The van der Waals surface area contributed by atoms with Gasteiger partial charge in [0.05, 0.1) is 5.54 Å². The van der Waals surface area contributed by atoms with Gasteiger partial charge in [-0.15, -0.1) is 0 Å². The van der Waals surface area contributed by atoms with E-state index >= 15 is 0 Å². The second-order valence-electron chi connectivity index (χ2n) is 6.18. The Morgan fingerprint density at radius 2 is 1.76 bits per heavy atom. The normalized spacial score (nSPS) is 20.7. The Balaban J connectivity index is 1.56. The molecule has 0 amide bonds. The maximum atomic E-state index is 5.02. The van der Waals surface area contributed by atoms with Crippen LogP contribution in [0.2, 0.25) is 0 Å². The van der Waals surface area contributed by atoms with Crippen LogP contribution in [0.5, 0.6) is 0 Å². The maximum absolute atomic E-state index is 5.02. The average Bonchev–Trinajstić information content (AvgIpc) is 2.90. The highest BCUT2D eigenvalue weighted by molar-refractivity contribution is 8.14. The number of nitrogens with zero attached hydrogens (tertiary/aromatic N) is 1. The van der Waals surface area contributed by atoms with Gasteiger partial charge in [-0.25, -0.2) is 0 Å². The smallest absolute Gasteiger partial charge is 0.161 e. The highest BCUT2D eigenvalue weighted by Crippen LogP contribution is 2.40. The molecule has 0 atom stereocenters. The predicted molar refractivity (Wildman–Crippen MR) is 93.3 cm³/mol. The van der Waals surface area contributed by atoms with Gasteiger partial charge in [-0.3, -0.25) is 4.99 Å². The van der Waals surface area contributed by atoms with Crippen LogP contribution in [-0.2, 0) is 0 Å². The molecular weight excluding hydrogens is 276 g/mol. The van der Waals surface area contributed by atoms with Gasteiger partial charge in [0.2, 0.25) is 0 Å². The van der Waals surface area contributed by atoms with Crippen LogP contribution in [0.25, 0.3) is 10.8 Å². The first-order chi connectivity index (χ1) is 10.3. The summed E-state index contributed by atoms with van der Waals surface area (Å²) in [5, 5.41) is 7.18. The van der Waals surface area contributed by atoms with Crippen molar-refractivity contribution < 1.29 is 0 Å². The largest absolute Gasteiger partial charge is 0.335 e. The van der Waals surface area contributed by atoms with Gasteiger partial charge in [0, 0.05) is 11.4 Å². The standard InChI is InChI=1S/C18H20N2S/c1-4-10-18(11-5-1)13-21-17(20-18)19-16-9-8-14-6-2-3-7-15(14)12-16/h2-3,6-9,12H,1,4-5,10-11,13H2,(H,19,20). The highest BCUT2D eigenvalue weighted by atomic mass is 32.2. The lowest BCUT2D eigenvalue weighted by atomic mass is 9.84. The van der Waals surface area contributed by atoms with Crippen molar-refractivity contribution in [3.8, 4) is 0 Å². The molecule has 2 aromatic rings. The summed E-state index contributed by atoms with van der Waals surface area (Å²) in [4.78, 5) is 5.02. The fraction of sp³-hybridized carbons (Fsp3) is 0.389. The van der Waals surface area contributed by atoms with Crippen LogP contribution in [0.4, 0.5) is 5.69 Å². The number of benzene rings is 2. The summed E-state index contributed by atoms with van der Waals surface area (Å²) in [5.74, 6) is 1.16. The molecule has 1 saturated carbocycles. The average molecular weight is 296 g/mol. The molecule has 0 saturated heterocycles. The fourth-order valence-electron chi connectivity index (χ4n) is 3.40. The van der Waals surface area contributed by atoms with Crippen LogP contribution >= 0.6 is 11.8 Å². The molecular formula is C18H20N2S. The fourth-order valence-corrected chi connectivity index (χ4v) is 4.61. The van der Waals surface area contributed by atoms with Crippen molar-refractivity contribution in [2.24, 2.45) is 4.99 Å². The van der Waals surface area contributed by atoms with Crippen molar-refractivity contribution in [3.63, 3.8) is 0 Å². The quantitative estimate of drug-likeness (QED) is 0.795. The van der Waals surface area contributed by atoms with Crippen molar-refractivity contribution in [3.05, 3.63) is 42.5 Å². The molecule has 4 rings (SSSR count). The molecule has 1 spiro atoms. The molecule has 0 bridgehead atoms. The van der Waals surface area contributed by atoms with Gasteiger partial charge < -0.3 is 5.32 Å². The molecule has 1 fully saturated rings. The first-order valence-electron chi connectivity index (χ1n) is 7.82. The topological polar surface area (TPSA) is 24.4 Å². The molecule has 0 radical (unpaired) electrons. The Kier molecular flexibility index (Phi) is 3.38. The minimum Gasteiger partial charge on any atom is -0.335 e. The zero-order chi connectivity index (χ0) is 14.1. The first kappa shape index (κ1) is 13.2. The molecule has 3 heteroatoms. The Morgan fingerprint density at radius 3 is 2.62 bits per heavy atom. The summed E-state index contributed by atoms with van der Waals surface area (Å²) in [7, 11) is 0. The minimum atomic E-state index is 0.238. The SMILES string of the molecule is c1ccc2cc(NC3=NC4(CCCCC4)CS3)ccc2c1. The van der Waals surface area contributed by atoms with Crippen LogP contribution < -0.4 is 5.32 Å². The Bertz CT molecular complexity index is 686. The summed E-state index contributed by atoms with van der Waals surface area (Å²) in [6.07, 6.45) is 6.60. The van der Waals surface area contributed by atoms with E-state index in [1.54, 1.807) is 0 Å². The zero-order valence-corrected chi connectivity index (χ0v) is 13.0. The molecule has 1 aliphatic heterocycles. The van der Waals surface area contributed by atoms with Crippen molar-refractivity contribution in [2.75, 3.05) is 11.1 Å². The van der Waals surface area contributed by atoms with E-state index in [0.29, 0.717) is 0 Å². The Morgan fingerprint density at radius 1 is 0.952 bits per heavy atom. The van der Waals surface area contributed by atoms with E-state index in [-0.39, 0.29) is 5.54 Å². The van der Waals surface area contributed by atoms with Crippen molar-refractivity contribution in [1.29, 1.82) is 0 Å². The summed E-state index contributed by atoms with van der Waals surface area (Å²) in [5.41, 5.74) is 1.38. The number of hydrogen-bond acceptors (Lipinski definition) is 3. The number of fused-ring (bicyclic) bond motifs is 1. The Labute approximate surface area is 130 Å². The predicted octanol–water partition coefficient (Wildman–Crippen LogP) is 5.06. The van der Waals surface area contributed by atoms with E-state index in [1.807, 2.05) is 11.8 Å². The molecule has 1 heterocycles. The molecule has 1 aliphatic carbocycles. The van der Waals surface area contributed by atoms with Crippen LogP contribution in [0.3, 0.4) is 0 Å². The number of aliphatic imine (C=N–C) groups is 1. The van der Waals surface area contributed by atoms with Gasteiger partial charge in [0.25, 0.3) is 0 Å². The molecule has 2 nitrogen and oxygen atoms in total. The molecule has 0 aromatic heterocycles. The number of nitrogens with one attached hydrogen (secondary N) is 1. The van der Waals surface area contributed by atoms with E-state index in [9.17, 15) is 0 Å². The van der Waals surface area contributed by atoms with Crippen LogP contribution in [-0.4, -0.2) is 16.5 Å². The van der Waals surface area contributed by atoms with Gasteiger partial charge in [-0.05, 0) is 35.7 Å². The molecule has 108 valence electrons. The molecule has 2 aliphatic rings. The van der Waals surface area contributed by atoms with Crippen LogP contribution in [0, 0.1) is 0 Å². The number of hydrogen-bond donors (Lipinski definition) is 1. The highest BCUT2D eigenvalue weighted by Gasteiger charge is 2.36. The molecule has 2 aromatic carbocycles. The number of thioether (sulfide) groups is 1. The van der Waals surface area contributed by atoms with Crippen LogP contribution in [0.1, 0.15) is 32.1 Å². The van der Waals surface area contributed by atoms with Crippen molar-refractivity contribution >= 4 is 33.4 Å². The van der Waals surface area contributed by atoms with Crippen LogP contribution in [0.15, 0.2) is 47.5 Å². The Hall–Kier alpha value is -1.48. The lowest BCUT2D eigenvalue weighted by Gasteiger charge is -2.29. The number of amidine groups is 1. The van der Waals surface area contributed by atoms with Gasteiger partial charge in [0.1, 0.15) is 0 Å². The van der Waals surface area contributed by atoms with Crippen molar-refractivity contribution in [1.82, 2.24) is 0 Å². The summed E-state index contributed by atoms with van der Waals surface area (Å²) in [6.45, 7) is 0. The summed E-state index contributed by atoms with van der Waals surface area (Å²) >= 11 is 1.89. The minimum absolute atomic E-state index is 0.238. The molecule has 1 N–H and O–H groups in total. The summed E-state index contributed by atoms with van der Waals surface area (Å²) < 4.78 is 0. The lowest BCUT2D eigenvalue weighted by Crippen LogP contribution is -2.29. The third-order valence-corrected chi connectivity index (χ3v) is 5.75. The van der Waals surface area contributed by atoms with Crippen molar-refractivity contribution in [2.45, 2.75) is 37.6 Å². The van der Waals surface area contributed by atoms with Gasteiger partial charge in [-0.1, -0.05) is 61.4 Å². The number of rotatable bonds is 1. The van der Waals surface area contributed by atoms with Gasteiger partial charge in [0.15, 0.2) is 5.17 Å². The molecule has 0 unspecified atom stereocenters. The van der Waals surface area contributed by atoms with E-state index in [0.717, 1.165) is 16.6 Å². The second kappa shape index (κ2) is 5.38. The zero-order valence-electron chi connectivity index (χ0n) is 12.1. The summed E-state index contributed by atoms with van der Waals surface area (Å²) in [6, 6.07) is 15.0. The first-order valence-corrected chi connectivity index (χ1v) is 8.80. The van der Waals surface area contributed by atoms with Gasteiger partial charge >= 0.3 is 0 Å². The monoisotopic (exact) mass is 296 g/mol. The second-order valence-corrected chi connectivity index (χ2v) is 7.14. The van der Waals surface area contributed by atoms with E-state index in [4.69, 9.17) is 4.99 Å². The van der Waals surface area contributed by atoms with Gasteiger partial charge in [-0.2, -0.15) is 0 Å².